The van der Waals surface area contributed by atoms with Gasteiger partial charge in [0.2, 0.25) is 5.91 Å². The van der Waals surface area contributed by atoms with Crippen LogP contribution in [0.5, 0.6) is 0 Å². The van der Waals surface area contributed by atoms with Crippen molar-refractivity contribution in [3.05, 3.63) is 85.1 Å². The van der Waals surface area contributed by atoms with E-state index in [1.165, 1.54) is 270 Å². The van der Waals surface area contributed by atoms with Gasteiger partial charge in [-0.1, -0.05) is 375 Å². The summed E-state index contributed by atoms with van der Waals surface area (Å²) in [5.41, 5.74) is 0. The third-order valence-corrected chi connectivity index (χ3v) is 18.2. The Balaban J connectivity index is 2.06. The summed E-state index contributed by atoms with van der Waals surface area (Å²) in [5, 5.41) is 54.9. The molecule has 90 heavy (non-hydrogen) atoms. The van der Waals surface area contributed by atoms with Crippen molar-refractivity contribution in [1.82, 2.24) is 5.32 Å². The lowest BCUT2D eigenvalue weighted by Gasteiger charge is -2.40. The Hall–Kier alpha value is -2.63. The fourth-order valence-corrected chi connectivity index (χ4v) is 12.2. The Morgan fingerprint density at radius 2 is 0.689 bits per heavy atom. The fourth-order valence-electron chi connectivity index (χ4n) is 12.2. The van der Waals surface area contributed by atoms with Crippen LogP contribution in [0.15, 0.2) is 85.1 Å². The van der Waals surface area contributed by atoms with Crippen molar-refractivity contribution < 1.29 is 39.8 Å². The van der Waals surface area contributed by atoms with Gasteiger partial charge in [0.1, 0.15) is 24.4 Å². The molecule has 6 N–H and O–H groups in total. The van der Waals surface area contributed by atoms with Crippen LogP contribution in [0.4, 0.5) is 0 Å². The first kappa shape index (κ1) is 85.4. The van der Waals surface area contributed by atoms with Crippen molar-refractivity contribution in [3.8, 4) is 0 Å². The number of ether oxygens (including phenoxy) is 2. The van der Waals surface area contributed by atoms with Crippen LogP contribution in [0.1, 0.15) is 367 Å². The van der Waals surface area contributed by atoms with Crippen LogP contribution >= 0.6 is 0 Å². The highest BCUT2D eigenvalue weighted by Crippen LogP contribution is 2.24. The summed E-state index contributed by atoms with van der Waals surface area (Å²) >= 11 is 0. The lowest BCUT2D eigenvalue weighted by Crippen LogP contribution is -2.60. The van der Waals surface area contributed by atoms with Crippen molar-refractivity contribution >= 4 is 5.91 Å². The zero-order chi connectivity index (χ0) is 64.9. The van der Waals surface area contributed by atoms with Gasteiger partial charge in [-0.3, -0.25) is 4.79 Å². The fraction of sp³-hybridized carbons (Fsp3) is 0.815. The number of carbonyl (C=O) groups is 1. The number of unbranched alkanes of at least 4 members (excludes halogenated alkanes) is 46. The molecule has 0 spiro atoms. The molecule has 1 amide bonds. The molecule has 0 radical (unpaired) electrons. The Morgan fingerprint density at radius 1 is 0.389 bits per heavy atom. The Kier molecular flexibility index (Phi) is 65.7. The zero-order valence-electron chi connectivity index (χ0n) is 58.9. The third-order valence-electron chi connectivity index (χ3n) is 18.2. The van der Waals surface area contributed by atoms with Crippen molar-refractivity contribution in [1.29, 1.82) is 0 Å². The molecule has 1 aliphatic rings. The van der Waals surface area contributed by atoms with Gasteiger partial charge in [0, 0.05) is 6.42 Å². The number of nitrogens with one attached hydrogen (secondary N) is 1. The van der Waals surface area contributed by atoms with Crippen LogP contribution in [-0.2, 0) is 14.3 Å². The molecule has 9 nitrogen and oxygen atoms in total. The van der Waals surface area contributed by atoms with E-state index in [0.717, 1.165) is 77.0 Å². The number of aliphatic hydroxyl groups excluding tert-OH is 5. The van der Waals surface area contributed by atoms with Crippen molar-refractivity contribution in [2.45, 2.75) is 410 Å². The normalized spacial score (nSPS) is 18.2. The van der Waals surface area contributed by atoms with Gasteiger partial charge in [0.25, 0.3) is 0 Å². The maximum absolute atomic E-state index is 13.2. The summed E-state index contributed by atoms with van der Waals surface area (Å²) in [6.07, 6.45) is 92.9. The lowest BCUT2D eigenvalue weighted by molar-refractivity contribution is -0.302. The van der Waals surface area contributed by atoms with Crippen LogP contribution in [0.2, 0.25) is 0 Å². The zero-order valence-corrected chi connectivity index (χ0v) is 58.9. The maximum atomic E-state index is 13.2. The Labute approximate surface area is 556 Å². The molecule has 1 heterocycles. The van der Waals surface area contributed by atoms with Gasteiger partial charge in [0.05, 0.1) is 25.4 Å². The number of allylic oxidation sites excluding steroid dienone is 13. The molecule has 9 heteroatoms. The molecule has 1 rings (SSSR count). The van der Waals surface area contributed by atoms with E-state index in [9.17, 15) is 30.3 Å². The summed E-state index contributed by atoms with van der Waals surface area (Å²) in [4.78, 5) is 13.2. The standard InChI is InChI=1S/C81H147NO8/c1-3-5-7-9-11-13-15-17-19-21-23-25-27-29-31-32-33-34-35-36-37-38-39-40-41-42-43-44-45-47-49-51-53-55-57-59-61-63-65-67-69-71-77(85)82-74(73-89-81-80(88)79(87)78(86)76(72-83)90-81)75(84)70-68-66-64-62-60-58-56-54-52-50-48-46-30-28-26-24-22-20-18-16-14-12-10-8-6-4-2/h5,7,11,13,17,19,23,25,29,31,33-34,68,70,74-76,78-81,83-84,86-88H,3-4,6,8-10,12,14-16,18,20-22,24,26-28,30,32,35-67,69,71-73H2,1-2H3,(H,82,85)/b7-5-,13-11-,19-17-,25-23-,31-29-,34-33-,70-68+. The molecular formula is C81H147NO8. The summed E-state index contributed by atoms with van der Waals surface area (Å²) in [6.45, 7) is 3.71. The molecule has 1 fully saturated rings. The van der Waals surface area contributed by atoms with Gasteiger partial charge in [-0.2, -0.15) is 0 Å². The van der Waals surface area contributed by atoms with E-state index in [2.05, 4.69) is 92.1 Å². The van der Waals surface area contributed by atoms with Crippen LogP contribution in [0, 0.1) is 0 Å². The van der Waals surface area contributed by atoms with Gasteiger partial charge in [-0.15, -0.1) is 0 Å². The van der Waals surface area contributed by atoms with Gasteiger partial charge in [0.15, 0.2) is 6.29 Å². The third kappa shape index (κ3) is 56.9. The van der Waals surface area contributed by atoms with E-state index < -0.39 is 49.5 Å². The minimum atomic E-state index is -1.57. The minimum absolute atomic E-state index is 0.171. The second kappa shape index (κ2) is 69.2. The van der Waals surface area contributed by atoms with Gasteiger partial charge >= 0.3 is 0 Å². The Morgan fingerprint density at radius 3 is 1.02 bits per heavy atom. The van der Waals surface area contributed by atoms with E-state index in [-0.39, 0.29) is 12.5 Å². The predicted octanol–water partition coefficient (Wildman–Crippen LogP) is 22.0. The Bertz CT molecular complexity index is 1700. The monoisotopic (exact) mass is 1260 g/mol. The molecule has 0 aromatic carbocycles. The molecule has 0 aromatic rings. The summed E-state index contributed by atoms with van der Waals surface area (Å²) in [5.74, 6) is -0.171. The molecule has 1 aliphatic heterocycles. The smallest absolute Gasteiger partial charge is 0.220 e. The lowest BCUT2D eigenvalue weighted by atomic mass is 9.99. The molecule has 524 valence electrons. The first-order chi connectivity index (χ1) is 44.3. The van der Waals surface area contributed by atoms with E-state index >= 15 is 0 Å². The van der Waals surface area contributed by atoms with Crippen molar-refractivity contribution in [2.75, 3.05) is 13.2 Å². The van der Waals surface area contributed by atoms with Crippen LogP contribution in [0.25, 0.3) is 0 Å². The molecule has 7 unspecified atom stereocenters. The predicted molar refractivity (Wildman–Crippen MR) is 387 cm³/mol. The highest BCUT2D eigenvalue weighted by molar-refractivity contribution is 5.76. The molecule has 0 bridgehead atoms. The SMILES string of the molecule is CC/C=C\C/C=C\C/C=C\C/C=C\C/C=C\C/C=C\CCCCCCCCCCCCCCCCCCCCCCCCC(=O)NC(COC1OC(CO)C(O)C(O)C1O)C(O)/C=C/CCCCCCCCCCCCCCCCCCCCCCCCCC. The second-order valence-electron chi connectivity index (χ2n) is 26.8. The van der Waals surface area contributed by atoms with E-state index in [1.54, 1.807) is 6.08 Å². The number of carbonyl (C=O) groups excluding carboxylic acids is 1. The molecule has 0 saturated carbocycles. The molecular weight excluding hydrogens is 1110 g/mol. The number of aliphatic hydroxyl groups is 5. The quantitative estimate of drug-likeness (QED) is 0.0261. The molecule has 0 aliphatic carbocycles. The number of rotatable bonds is 68. The van der Waals surface area contributed by atoms with Gasteiger partial charge in [-0.05, 0) is 70.6 Å². The minimum Gasteiger partial charge on any atom is -0.394 e. The van der Waals surface area contributed by atoms with Crippen molar-refractivity contribution in [2.24, 2.45) is 0 Å². The van der Waals surface area contributed by atoms with E-state index in [1.807, 2.05) is 6.08 Å². The largest absolute Gasteiger partial charge is 0.394 e. The molecule has 1 saturated heterocycles. The second-order valence-corrected chi connectivity index (χ2v) is 26.8. The first-order valence-electron chi connectivity index (χ1n) is 38.8. The summed E-state index contributed by atoms with van der Waals surface area (Å²) in [7, 11) is 0. The maximum Gasteiger partial charge on any atom is 0.220 e. The van der Waals surface area contributed by atoms with Crippen LogP contribution in [0.3, 0.4) is 0 Å². The van der Waals surface area contributed by atoms with Gasteiger partial charge < -0.3 is 40.3 Å². The topological polar surface area (TPSA) is 149 Å². The van der Waals surface area contributed by atoms with Crippen LogP contribution < -0.4 is 5.32 Å². The highest BCUT2D eigenvalue weighted by Gasteiger charge is 2.44. The van der Waals surface area contributed by atoms with E-state index in [0.29, 0.717) is 6.42 Å². The number of amides is 1. The average Bonchev–Trinajstić information content (AvgIpc) is 1.28. The summed E-state index contributed by atoms with van der Waals surface area (Å²) in [6, 6.07) is -0.808. The molecule has 0 aromatic heterocycles. The number of hydrogen-bond acceptors (Lipinski definition) is 8. The average molecular weight is 1260 g/mol. The number of hydrogen-bond donors (Lipinski definition) is 6. The van der Waals surface area contributed by atoms with Crippen LogP contribution in [-0.4, -0.2) is 87.5 Å². The molecule has 7 atom stereocenters. The van der Waals surface area contributed by atoms with Crippen molar-refractivity contribution in [3.63, 3.8) is 0 Å². The van der Waals surface area contributed by atoms with E-state index in [4.69, 9.17) is 9.47 Å². The first-order valence-corrected chi connectivity index (χ1v) is 38.8. The summed E-state index contributed by atoms with van der Waals surface area (Å²) < 4.78 is 11.3. The highest BCUT2D eigenvalue weighted by atomic mass is 16.7. The van der Waals surface area contributed by atoms with Gasteiger partial charge in [-0.25, -0.2) is 0 Å².